The van der Waals surface area contributed by atoms with Gasteiger partial charge in [-0.3, -0.25) is 14.5 Å². The summed E-state index contributed by atoms with van der Waals surface area (Å²) in [4.78, 5) is 32.5. The second-order valence-corrected chi connectivity index (χ2v) is 8.45. The van der Waals surface area contributed by atoms with Gasteiger partial charge < -0.3 is 31.6 Å². The smallest absolute Gasteiger partial charge is 0.271 e. The van der Waals surface area contributed by atoms with Gasteiger partial charge in [-0.1, -0.05) is 0 Å². The van der Waals surface area contributed by atoms with E-state index in [0.29, 0.717) is 17.3 Å². The third kappa shape index (κ3) is 4.88. The second kappa shape index (κ2) is 9.35. The molecule has 170 valence electrons. The van der Waals surface area contributed by atoms with Gasteiger partial charge in [0.25, 0.3) is 11.5 Å². The van der Waals surface area contributed by atoms with Gasteiger partial charge >= 0.3 is 0 Å². The van der Waals surface area contributed by atoms with Crippen LogP contribution in [0.2, 0.25) is 0 Å². The van der Waals surface area contributed by atoms with Crippen molar-refractivity contribution in [2.45, 2.75) is 18.9 Å². The van der Waals surface area contributed by atoms with Crippen LogP contribution >= 0.6 is 0 Å². The first-order valence-electron chi connectivity index (χ1n) is 10.9. The van der Waals surface area contributed by atoms with Crippen molar-refractivity contribution < 1.29 is 4.79 Å². The van der Waals surface area contributed by atoms with E-state index in [1.807, 2.05) is 12.1 Å². The third-order valence-electron chi connectivity index (χ3n) is 6.03. The van der Waals surface area contributed by atoms with Gasteiger partial charge in [0.1, 0.15) is 11.5 Å². The second-order valence-electron chi connectivity index (χ2n) is 8.45. The Morgan fingerprint density at radius 1 is 1.25 bits per heavy atom. The molecular weight excluding hydrogens is 406 g/mol. The normalized spacial score (nSPS) is 17.8. The van der Waals surface area contributed by atoms with Crippen LogP contribution in [0.15, 0.2) is 53.3 Å². The number of pyridine rings is 1. The van der Waals surface area contributed by atoms with Gasteiger partial charge in [0, 0.05) is 43.8 Å². The molecule has 0 spiro atoms. The summed E-state index contributed by atoms with van der Waals surface area (Å²) in [5, 5.41) is 9.17. The molecule has 9 nitrogen and oxygen atoms in total. The Balaban J connectivity index is 1.49. The lowest BCUT2D eigenvalue weighted by Gasteiger charge is -2.22. The molecule has 1 atom stereocenters. The number of nitrogens with zero attached hydrogens (tertiary/aromatic N) is 2. The summed E-state index contributed by atoms with van der Waals surface area (Å²) in [6.45, 7) is 2.86. The van der Waals surface area contributed by atoms with Gasteiger partial charge in [-0.25, -0.2) is 0 Å². The Hall–Kier alpha value is -3.46. The average molecular weight is 438 g/mol. The summed E-state index contributed by atoms with van der Waals surface area (Å²) >= 11 is 0. The molecule has 1 aromatic carbocycles. The van der Waals surface area contributed by atoms with Crippen LogP contribution in [0.4, 0.5) is 11.4 Å². The van der Waals surface area contributed by atoms with Crippen molar-refractivity contribution >= 4 is 17.3 Å². The van der Waals surface area contributed by atoms with Crippen LogP contribution in [0.1, 0.15) is 34.8 Å². The molecule has 2 aliphatic rings. The van der Waals surface area contributed by atoms with Crippen molar-refractivity contribution in [3.8, 4) is 0 Å². The number of benzene rings is 1. The monoisotopic (exact) mass is 437 g/mol. The molecule has 1 unspecified atom stereocenters. The van der Waals surface area contributed by atoms with Crippen molar-refractivity contribution in [1.29, 1.82) is 0 Å². The summed E-state index contributed by atoms with van der Waals surface area (Å²) in [5.74, 6) is 0.847. The highest BCUT2D eigenvalue weighted by Gasteiger charge is 2.33. The van der Waals surface area contributed by atoms with Gasteiger partial charge in [-0.05, 0) is 61.7 Å². The molecule has 6 N–H and O–H groups in total. The largest absolute Gasteiger partial charge is 0.402 e. The SMILES string of the molecule is CN/C(=C/N)NC(c1c[nH]c(=O)c(NC(=O)c2ccc(N3CCN(C)C3)cc2)c1)C1CC1. The Bertz CT molecular complexity index is 1040. The van der Waals surface area contributed by atoms with E-state index in [4.69, 9.17) is 5.73 Å². The van der Waals surface area contributed by atoms with Crippen LogP contribution in [0.5, 0.6) is 0 Å². The van der Waals surface area contributed by atoms with Crippen LogP contribution in [-0.2, 0) is 0 Å². The number of carbonyl (C=O) groups is 1. The van der Waals surface area contributed by atoms with Crippen molar-refractivity contribution in [3.63, 3.8) is 0 Å². The Kier molecular flexibility index (Phi) is 6.36. The number of amides is 1. The fraction of sp³-hybridized carbons (Fsp3) is 0.391. The zero-order valence-electron chi connectivity index (χ0n) is 18.5. The molecule has 1 aromatic heterocycles. The summed E-state index contributed by atoms with van der Waals surface area (Å²) in [7, 11) is 3.88. The predicted molar refractivity (Wildman–Crippen MR) is 126 cm³/mol. The molecule has 1 aliphatic heterocycles. The lowest BCUT2D eigenvalue weighted by Crippen LogP contribution is -2.30. The molecular formula is C23H31N7O2. The zero-order chi connectivity index (χ0) is 22.7. The van der Waals surface area contributed by atoms with Gasteiger partial charge in [-0.2, -0.15) is 0 Å². The highest BCUT2D eigenvalue weighted by atomic mass is 16.2. The molecule has 2 heterocycles. The van der Waals surface area contributed by atoms with Crippen LogP contribution in [0.3, 0.4) is 0 Å². The standard InChI is InChI=1S/C23H31N7O2/c1-25-20(12-24)28-21(15-3-4-15)17-11-19(23(32)26-13-17)27-22(31)16-5-7-18(8-6-16)30-10-9-29(2)14-30/h5-8,11-13,15,21,25,28H,3-4,9-10,14,24H2,1-2H3,(H,26,32)(H,27,31)/b20-12-. The topological polar surface area (TPSA) is 119 Å². The van der Waals surface area contributed by atoms with Gasteiger partial charge in [0.05, 0.1) is 12.7 Å². The Morgan fingerprint density at radius 2 is 2.00 bits per heavy atom. The van der Waals surface area contributed by atoms with Crippen LogP contribution in [-0.4, -0.2) is 49.6 Å². The van der Waals surface area contributed by atoms with Crippen molar-refractivity contribution in [2.24, 2.45) is 11.7 Å². The van der Waals surface area contributed by atoms with E-state index in [0.717, 1.165) is 43.9 Å². The lowest BCUT2D eigenvalue weighted by molar-refractivity contribution is 0.102. The summed E-state index contributed by atoms with van der Waals surface area (Å²) < 4.78 is 0. The summed E-state index contributed by atoms with van der Waals surface area (Å²) in [6.07, 6.45) is 5.37. The molecule has 4 rings (SSSR count). The van der Waals surface area contributed by atoms with Gasteiger partial charge in [0.15, 0.2) is 0 Å². The van der Waals surface area contributed by atoms with E-state index in [1.54, 1.807) is 31.4 Å². The molecule has 1 amide bonds. The number of aromatic nitrogens is 1. The van der Waals surface area contributed by atoms with Crippen molar-refractivity contribution in [1.82, 2.24) is 20.5 Å². The highest BCUT2D eigenvalue weighted by Crippen LogP contribution is 2.41. The summed E-state index contributed by atoms with van der Waals surface area (Å²) in [5.41, 5.74) is 8.04. The minimum Gasteiger partial charge on any atom is -0.402 e. The average Bonchev–Trinajstić information content (AvgIpc) is 3.56. The number of nitrogens with two attached hydrogens (primary N) is 1. The van der Waals surface area contributed by atoms with E-state index in [-0.39, 0.29) is 23.2 Å². The number of anilines is 2. The fourth-order valence-corrected chi connectivity index (χ4v) is 4.00. The maximum absolute atomic E-state index is 12.8. The number of carbonyl (C=O) groups excluding carboxylic acids is 1. The molecule has 2 aromatic rings. The minimum atomic E-state index is -0.337. The quantitative estimate of drug-likeness (QED) is 0.423. The molecule has 1 saturated carbocycles. The first kappa shape index (κ1) is 21.8. The Morgan fingerprint density at radius 3 is 2.59 bits per heavy atom. The molecule has 9 heteroatoms. The van der Waals surface area contributed by atoms with Crippen LogP contribution in [0.25, 0.3) is 0 Å². The van der Waals surface area contributed by atoms with E-state index in [2.05, 4.69) is 37.8 Å². The van der Waals surface area contributed by atoms with Crippen LogP contribution in [0, 0.1) is 5.92 Å². The van der Waals surface area contributed by atoms with Crippen molar-refractivity contribution in [3.05, 3.63) is 70.0 Å². The third-order valence-corrected chi connectivity index (χ3v) is 6.03. The van der Waals surface area contributed by atoms with E-state index >= 15 is 0 Å². The first-order chi connectivity index (χ1) is 15.5. The van der Waals surface area contributed by atoms with E-state index in [1.165, 1.54) is 6.20 Å². The number of hydrogen-bond donors (Lipinski definition) is 5. The maximum Gasteiger partial charge on any atom is 0.271 e. The molecule has 0 radical (unpaired) electrons. The molecule has 1 saturated heterocycles. The lowest BCUT2D eigenvalue weighted by atomic mass is 10.0. The highest BCUT2D eigenvalue weighted by molar-refractivity contribution is 6.04. The van der Waals surface area contributed by atoms with E-state index in [9.17, 15) is 9.59 Å². The van der Waals surface area contributed by atoms with Crippen LogP contribution < -0.4 is 32.1 Å². The molecule has 32 heavy (non-hydrogen) atoms. The number of nitrogens with one attached hydrogen (secondary N) is 4. The predicted octanol–water partition coefficient (Wildman–Crippen LogP) is 1.35. The van der Waals surface area contributed by atoms with Crippen molar-refractivity contribution in [2.75, 3.05) is 44.1 Å². The first-order valence-corrected chi connectivity index (χ1v) is 10.9. The minimum absolute atomic E-state index is 0.0115. The number of likely N-dealkylation sites (N-methyl/N-ethyl adjacent to an activating group) is 1. The van der Waals surface area contributed by atoms with Gasteiger partial charge in [0.2, 0.25) is 0 Å². The zero-order valence-corrected chi connectivity index (χ0v) is 18.5. The molecule has 0 bridgehead atoms. The number of rotatable bonds is 8. The summed E-state index contributed by atoms with van der Waals surface area (Å²) in [6, 6.07) is 9.20. The fourth-order valence-electron chi connectivity index (χ4n) is 4.00. The Labute approximate surface area is 187 Å². The molecule has 2 fully saturated rings. The number of hydrogen-bond acceptors (Lipinski definition) is 7. The molecule has 1 aliphatic carbocycles. The van der Waals surface area contributed by atoms with E-state index < -0.39 is 0 Å². The number of aromatic amines is 1. The number of H-pyrrole nitrogens is 1. The maximum atomic E-state index is 12.8. The van der Waals surface area contributed by atoms with Gasteiger partial charge in [-0.15, -0.1) is 0 Å².